The first kappa shape index (κ1) is 24.2. The summed E-state index contributed by atoms with van der Waals surface area (Å²) in [7, 11) is -3.56. The lowest BCUT2D eigenvalue weighted by Crippen LogP contribution is -2.37. The van der Waals surface area contributed by atoms with E-state index in [4.69, 9.17) is 4.74 Å². The molecular formula is C18H21F5N3O5P. The molecule has 0 bridgehead atoms. The van der Waals surface area contributed by atoms with Gasteiger partial charge in [-0.1, -0.05) is 0 Å². The van der Waals surface area contributed by atoms with Crippen molar-refractivity contribution in [2.45, 2.75) is 19.2 Å². The minimum atomic E-state index is -4.62. The summed E-state index contributed by atoms with van der Waals surface area (Å²) >= 11 is 0. The van der Waals surface area contributed by atoms with Gasteiger partial charge in [-0.25, -0.2) is 13.6 Å². The van der Waals surface area contributed by atoms with Crippen molar-refractivity contribution in [3.05, 3.63) is 23.8 Å². The zero-order valence-electron chi connectivity index (χ0n) is 17.0. The minimum absolute atomic E-state index is 0.0270. The van der Waals surface area contributed by atoms with Gasteiger partial charge >= 0.3 is 12.3 Å². The summed E-state index contributed by atoms with van der Waals surface area (Å²) in [5.74, 6) is -2.31. The normalized spacial score (nSPS) is 20.9. The number of rotatable bonds is 6. The van der Waals surface area contributed by atoms with Gasteiger partial charge in [0.15, 0.2) is 11.6 Å². The number of hydrogen-bond acceptors (Lipinski definition) is 6. The Balaban J connectivity index is 1.67. The van der Waals surface area contributed by atoms with E-state index < -0.39 is 49.7 Å². The number of halogens is 5. The van der Waals surface area contributed by atoms with Crippen LogP contribution in [0.1, 0.15) is 6.92 Å². The molecule has 3 rings (SSSR count). The summed E-state index contributed by atoms with van der Waals surface area (Å²) in [6.07, 6.45) is -6.71. The van der Waals surface area contributed by atoms with Gasteiger partial charge in [0.05, 0.1) is 18.8 Å². The molecule has 32 heavy (non-hydrogen) atoms. The van der Waals surface area contributed by atoms with E-state index in [0.717, 1.165) is 17.0 Å². The van der Waals surface area contributed by atoms with Gasteiger partial charge in [-0.05, 0) is 0 Å². The van der Waals surface area contributed by atoms with E-state index in [-0.39, 0.29) is 50.1 Å². The molecule has 2 heterocycles. The van der Waals surface area contributed by atoms with Crippen LogP contribution in [0.15, 0.2) is 12.1 Å². The molecule has 1 aromatic rings. The number of alkyl halides is 3. The van der Waals surface area contributed by atoms with Crippen molar-refractivity contribution < 1.29 is 45.4 Å². The van der Waals surface area contributed by atoms with E-state index in [2.05, 4.69) is 9.84 Å². The van der Waals surface area contributed by atoms with E-state index in [9.17, 15) is 36.1 Å². The Morgan fingerprint density at radius 1 is 1.25 bits per heavy atom. The van der Waals surface area contributed by atoms with Crippen LogP contribution in [-0.4, -0.2) is 69.4 Å². The fraction of sp³-hybridized carbons (Fsp3) is 0.556. The highest BCUT2D eigenvalue weighted by Gasteiger charge is 2.38. The molecule has 0 radical (unpaired) electrons. The topological polar surface area (TPSA) is 88.2 Å². The molecular weight excluding hydrogens is 464 g/mol. The van der Waals surface area contributed by atoms with Gasteiger partial charge in [-0.3, -0.25) is 14.3 Å². The Bertz CT molecular complexity index is 909. The van der Waals surface area contributed by atoms with Crippen molar-refractivity contribution in [1.82, 2.24) is 5.32 Å². The van der Waals surface area contributed by atoms with E-state index in [1.807, 2.05) is 0 Å². The molecule has 8 nitrogen and oxygen atoms in total. The van der Waals surface area contributed by atoms with Gasteiger partial charge in [-0.15, -0.1) is 0 Å². The van der Waals surface area contributed by atoms with Crippen LogP contribution in [0.25, 0.3) is 0 Å². The average Bonchev–Trinajstić information content (AvgIpc) is 3.06. The summed E-state index contributed by atoms with van der Waals surface area (Å²) < 4.78 is 88.5. The van der Waals surface area contributed by atoms with Gasteiger partial charge in [0.25, 0.3) is 0 Å². The van der Waals surface area contributed by atoms with Gasteiger partial charge in [0.1, 0.15) is 18.4 Å². The SMILES string of the molecule is CC(=O)NC[C@H]1CN(c2cc(F)c(N3CCP(=O)(OCC(F)(F)F)CC3)c(F)c2)C(=O)O1. The predicted molar refractivity (Wildman–Crippen MR) is 104 cm³/mol. The third kappa shape index (κ3) is 5.89. The van der Waals surface area contributed by atoms with E-state index in [1.165, 1.54) is 11.8 Å². The van der Waals surface area contributed by atoms with Crippen molar-refractivity contribution in [1.29, 1.82) is 0 Å². The van der Waals surface area contributed by atoms with Crippen molar-refractivity contribution >= 4 is 30.7 Å². The second-order valence-electron chi connectivity index (χ2n) is 7.45. The van der Waals surface area contributed by atoms with Crippen LogP contribution in [0.3, 0.4) is 0 Å². The van der Waals surface area contributed by atoms with E-state index in [1.54, 1.807) is 0 Å². The Labute approximate surface area is 180 Å². The first-order chi connectivity index (χ1) is 14.9. The first-order valence-electron chi connectivity index (χ1n) is 9.63. The summed E-state index contributed by atoms with van der Waals surface area (Å²) in [5.41, 5.74) is -0.520. The molecule has 0 saturated carbocycles. The maximum Gasteiger partial charge on any atom is 0.414 e. The molecule has 2 aliphatic rings. The molecule has 0 aliphatic carbocycles. The quantitative estimate of drug-likeness (QED) is 0.492. The molecule has 178 valence electrons. The second kappa shape index (κ2) is 9.22. The van der Waals surface area contributed by atoms with Crippen LogP contribution in [0, 0.1) is 11.6 Å². The molecule has 14 heteroatoms. The summed E-state index contributed by atoms with van der Waals surface area (Å²) in [6, 6.07) is 1.88. The third-order valence-corrected chi connectivity index (χ3v) is 7.33. The van der Waals surface area contributed by atoms with Crippen molar-refractivity contribution in [2.75, 3.05) is 54.9 Å². The van der Waals surface area contributed by atoms with Crippen LogP contribution in [-0.2, 0) is 18.6 Å². The molecule has 0 aromatic heterocycles. The Kier molecular flexibility index (Phi) is 6.99. The zero-order valence-corrected chi connectivity index (χ0v) is 17.8. The second-order valence-corrected chi connectivity index (χ2v) is 10.2. The molecule has 2 aliphatic heterocycles. The summed E-state index contributed by atoms with van der Waals surface area (Å²) in [6.45, 7) is -0.651. The van der Waals surface area contributed by atoms with Crippen molar-refractivity contribution in [2.24, 2.45) is 0 Å². The number of amides is 2. The number of carbonyl (C=O) groups is 2. The molecule has 2 fully saturated rings. The number of ether oxygens (including phenoxy) is 1. The Morgan fingerprint density at radius 2 is 1.84 bits per heavy atom. The monoisotopic (exact) mass is 485 g/mol. The number of anilines is 2. The zero-order chi connectivity index (χ0) is 23.7. The number of hydrogen-bond donors (Lipinski definition) is 1. The standard InChI is InChI=1S/C18H21F5N3O5P/c1-11(27)24-8-13-9-26(17(28)31-13)12-6-14(19)16(15(20)7-12)25-2-4-32(29,5-3-25)30-10-18(21,22)23/h6-7,13H,2-5,8-10H2,1H3,(H,24,27)/t13-/m0/s1. The molecule has 2 amide bonds. The number of cyclic esters (lactones) is 1. The molecule has 1 aromatic carbocycles. The minimum Gasteiger partial charge on any atom is -0.442 e. The largest absolute Gasteiger partial charge is 0.442 e. The average molecular weight is 485 g/mol. The fourth-order valence-electron chi connectivity index (χ4n) is 3.42. The third-order valence-electron chi connectivity index (χ3n) is 4.97. The lowest BCUT2D eigenvalue weighted by atomic mass is 10.2. The maximum absolute atomic E-state index is 14.8. The van der Waals surface area contributed by atoms with Crippen molar-refractivity contribution in [3.8, 4) is 0 Å². The molecule has 0 spiro atoms. The van der Waals surface area contributed by atoms with Crippen molar-refractivity contribution in [3.63, 3.8) is 0 Å². The predicted octanol–water partition coefficient (Wildman–Crippen LogP) is 3.10. The van der Waals surface area contributed by atoms with Gasteiger partial charge < -0.3 is 19.5 Å². The lowest BCUT2D eigenvalue weighted by Gasteiger charge is -2.34. The number of nitrogens with one attached hydrogen (secondary N) is 1. The molecule has 2 saturated heterocycles. The maximum atomic E-state index is 14.8. The number of carbonyl (C=O) groups excluding carboxylic acids is 2. The number of benzene rings is 1. The van der Waals surface area contributed by atoms with Crippen LogP contribution in [0.2, 0.25) is 0 Å². The van der Waals surface area contributed by atoms with Crippen LogP contribution >= 0.6 is 7.37 Å². The summed E-state index contributed by atoms with van der Waals surface area (Å²) in [4.78, 5) is 25.3. The van der Waals surface area contributed by atoms with Crippen LogP contribution in [0.5, 0.6) is 0 Å². The Hall–Kier alpha value is -2.40. The highest BCUT2D eigenvalue weighted by atomic mass is 31.2. The van der Waals surface area contributed by atoms with Crippen LogP contribution in [0.4, 0.5) is 38.1 Å². The van der Waals surface area contributed by atoms with E-state index in [0.29, 0.717) is 0 Å². The molecule has 1 atom stereocenters. The highest BCUT2D eigenvalue weighted by molar-refractivity contribution is 7.59. The smallest absolute Gasteiger partial charge is 0.414 e. The van der Waals surface area contributed by atoms with Gasteiger partial charge in [0, 0.05) is 44.5 Å². The Morgan fingerprint density at radius 3 is 2.38 bits per heavy atom. The van der Waals surface area contributed by atoms with Crippen LogP contribution < -0.4 is 15.1 Å². The molecule has 0 unspecified atom stereocenters. The highest BCUT2D eigenvalue weighted by Crippen LogP contribution is 2.50. The summed E-state index contributed by atoms with van der Waals surface area (Å²) in [5, 5.41) is 2.49. The number of nitrogens with zero attached hydrogens (tertiary/aromatic N) is 2. The van der Waals surface area contributed by atoms with Gasteiger partial charge in [-0.2, -0.15) is 13.2 Å². The fourth-order valence-corrected chi connectivity index (χ4v) is 5.38. The lowest BCUT2D eigenvalue weighted by molar-refractivity contribution is -0.153. The molecule has 1 N–H and O–H groups in total. The first-order valence-corrected chi connectivity index (χ1v) is 11.6. The van der Waals surface area contributed by atoms with Gasteiger partial charge in [0.2, 0.25) is 13.3 Å². The van der Waals surface area contributed by atoms with E-state index >= 15 is 0 Å².